The minimum atomic E-state index is -0.419. The van der Waals surface area contributed by atoms with Gasteiger partial charge in [0, 0.05) is 10.8 Å². The van der Waals surface area contributed by atoms with Gasteiger partial charge < -0.3 is 20.4 Å². The summed E-state index contributed by atoms with van der Waals surface area (Å²) >= 11 is 0. The van der Waals surface area contributed by atoms with Gasteiger partial charge in [-0.05, 0) is 18.8 Å². The van der Waals surface area contributed by atoms with E-state index >= 15 is 0 Å². The molecule has 118 valence electrons. The molecule has 0 aliphatic carbocycles. The van der Waals surface area contributed by atoms with Crippen LogP contribution in [0.5, 0.6) is 0 Å². The Morgan fingerprint density at radius 2 is 1.21 bits per heavy atom. The Morgan fingerprint density at radius 1 is 0.842 bits per heavy atom. The molecule has 0 saturated heterocycles. The van der Waals surface area contributed by atoms with E-state index in [0.29, 0.717) is 0 Å². The molecule has 0 aromatic heterocycles. The van der Waals surface area contributed by atoms with Crippen LogP contribution in [0.1, 0.15) is 54.4 Å². The van der Waals surface area contributed by atoms with Crippen molar-refractivity contribution in [2.75, 3.05) is 19.8 Å². The van der Waals surface area contributed by atoms with Crippen molar-refractivity contribution in [3.05, 3.63) is 0 Å². The van der Waals surface area contributed by atoms with Gasteiger partial charge in [0.05, 0.1) is 25.9 Å². The lowest BCUT2D eigenvalue weighted by molar-refractivity contribution is -0.0204. The van der Waals surface area contributed by atoms with E-state index < -0.39 is 6.10 Å². The summed E-state index contributed by atoms with van der Waals surface area (Å²) in [6.45, 7) is 11.8. The van der Waals surface area contributed by atoms with E-state index in [-0.39, 0.29) is 36.6 Å². The lowest BCUT2D eigenvalue weighted by Crippen LogP contribution is -2.36. The van der Waals surface area contributed by atoms with Gasteiger partial charge in [-0.3, -0.25) is 0 Å². The minimum Gasteiger partial charge on any atom is -0.396 e. The van der Waals surface area contributed by atoms with Gasteiger partial charge in [0.1, 0.15) is 0 Å². The Balaban J connectivity index is 0. The molecular weight excluding hydrogens is 244 g/mol. The number of aliphatic hydroxyl groups excluding tert-OH is 4. The van der Waals surface area contributed by atoms with Gasteiger partial charge in [-0.2, -0.15) is 0 Å². The summed E-state index contributed by atoms with van der Waals surface area (Å²) in [5, 5.41) is 36.0. The number of hydrogen-bond donors (Lipinski definition) is 4. The monoisotopic (exact) mass is 278 g/mol. The second-order valence-corrected chi connectivity index (χ2v) is 6.36. The number of hydrogen-bond acceptors (Lipinski definition) is 4. The van der Waals surface area contributed by atoms with Crippen LogP contribution in [0.2, 0.25) is 0 Å². The van der Waals surface area contributed by atoms with E-state index in [9.17, 15) is 5.11 Å². The standard InChI is InChI=1S/C8H18O2.C7H16O2/c1-6(2)7(10)8(3,4)5-9;1-3-7(4-2,5-8)6-9/h6-7,9-10H,5H2,1-4H3;8-9H,3-6H2,1-2H3. The molecule has 1 unspecified atom stereocenters. The zero-order valence-electron chi connectivity index (χ0n) is 13.5. The third-order valence-corrected chi connectivity index (χ3v) is 4.01. The molecule has 0 rings (SSSR count). The van der Waals surface area contributed by atoms with Gasteiger partial charge in [0.25, 0.3) is 0 Å². The van der Waals surface area contributed by atoms with Crippen molar-refractivity contribution in [1.82, 2.24) is 0 Å². The fraction of sp³-hybridized carbons (Fsp3) is 1.00. The predicted molar refractivity (Wildman–Crippen MR) is 78.9 cm³/mol. The average Bonchev–Trinajstić information content (AvgIpc) is 2.41. The van der Waals surface area contributed by atoms with Gasteiger partial charge in [-0.25, -0.2) is 0 Å². The van der Waals surface area contributed by atoms with E-state index in [0.717, 1.165) is 12.8 Å². The first-order valence-corrected chi connectivity index (χ1v) is 7.17. The molecule has 0 aliphatic heterocycles. The summed E-state index contributed by atoms with van der Waals surface area (Å²) in [5.41, 5.74) is -0.589. The molecule has 19 heavy (non-hydrogen) atoms. The van der Waals surface area contributed by atoms with Crippen molar-refractivity contribution in [2.24, 2.45) is 16.7 Å². The van der Waals surface area contributed by atoms with Crippen LogP contribution in [0.4, 0.5) is 0 Å². The third kappa shape index (κ3) is 7.25. The van der Waals surface area contributed by atoms with E-state index in [2.05, 4.69) is 0 Å². The van der Waals surface area contributed by atoms with Crippen LogP contribution >= 0.6 is 0 Å². The molecule has 0 aliphatic rings. The normalized spacial score (nSPS) is 14.1. The molecule has 0 aromatic carbocycles. The first kappa shape index (κ1) is 21.1. The Bertz CT molecular complexity index is 193. The zero-order valence-corrected chi connectivity index (χ0v) is 13.5. The number of rotatable bonds is 7. The van der Waals surface area contributed by atoms with E-state index in [4.69, 9.17) is 15.3 Å². The summed E-state index contributed by atoms with van der Waals surface area (Å²) < 4.78 is 0. The molecule has 0 spiro atoms. The second-order valence-electron chi connectivity index (χ2n) is 6.36. The molecule has 0 fully saturated rings. The molecule has 0 bridgehead atoms. The Hall–Kier alpha value is -0.160. The molecular formula is C15H34O4. The summed E-state index contributed by atoms with van der Waals surface area (Å²) in [7, 11) is 0. The topological polar surface area (TPSA) is 80.9 Å². The molecule has 0 aromatic rings. The maximum atomic E-state index is 9.49. The minimum absolute atomic E-state index is 0.0341. The van der Waals surface area contributed by atoms with Crippen LogP contribution in [0, 0.1) is 16.7 Å². The SMILES string of the molecule is CC(C)C(O)C(C)(C)CO.CCC(CC)(CO)CO. The lowest BCUT2D eigenvalue weighted by atomic mass is 9.82. The lowest BCUT2D eigenvalue weighted by Gasteiger charge is -2.30. The van der Waals surface area contributed by atoms with Crippen molar-refractivity contribution >= 4 is 0 Å². The fourth-order valence-electron chi connectivity index (χ4n) is 1.74. The van der Waals surface area contributed by atoms with Crippen LogP contribution in [-0.4, -0.2) is 46.4 Å². The Labute approximate surface area is 118 Å². The first-order chi connectivity index (χ1) is 8.66. The molecule has 0 saturated carbocycles. The molecule has 1 atom stereocenters. The first-order valence-electron chi connectivity index (χ1n) is 7.17. The molecule has 0 radical (unpaired) electrons. The van der Waals surface area contributed by atoms with Gasteiger partial charge in [-0.1, -0.05) is 41.5 Å². The van der Waals surface area contributed by atoms with Gasteiger partial charge >= 0.3 is 0 Å². The van der Waals surface area contributed by atoms with Crippen LogP contribution in [0.3, 0.4) is 0 Å². The molecule has 0 amide bonds. The maximum Gasteiger partial charge on any atom is 0.0635 e. The van der Waals surface area contributed by atoms with Crippen LogP contribution in [-0.2, 0) is 0 Å². The summed E-state index contributed by atoms with van der Waals surface area (Å²) in [4.78, 5) is 0. The van der Waals surface area contributed by atoms with Gasteiger partial charge in [0.15, 0.2) is 0 Å². The van der Waals surface area contributed by atoms with Gasteiger partial charge in [-0.15, -0.1) is 0 Å². The maximum absolute atomic E-state index is 9.49. The third-order valence-electron chi connectivity index (χ3n) is 4.01. The van der Waals surface area contributed by atoms with E-state index in [1.807, 2.05) is 41.5 Å². The highest BCUT2D eigenvalue weighted by molar-refractivity contribution is 4.78. The summed E-state index contributed by atoms with van der Waals surface area (Å²) in [6, 6.07) is 0. The molecule has 4 nitrogen and oxygen atoms in total. The second kappa shape index (κ2) is 9.70. The van der Waals surface area contributed by atoms with Crippen molar-refractivity contribution < 1.29 is 20.4 Å². The van der Waals surface area contributed by atoms with E-state index in [1.165, 1.54) is 0 Å². The highest BCUT2D eigenvalue weighted by atomic mass is 16.3. The Kier molecular flexibility index (Phi) is 10.8. The predicted octanol–water partition coefficient (Wildman–Crippen LogP) is 1.80. The highest BCUT2D eigenvalue weighted by Gasteiger charge is 2.29. The van der Waals surface area contributed by atoms with Gasteiger partial charge in [0.2, 0.25) is 0 Å². The van der Waals surface area contributed by atoms with Crippen molar-refractivity contribution in [2.45, 2.75) is 60.5 Å². The zero-order chi connectivity index (χ0) is 15.7. The van der Waals surface area contributed by atoms with Crippen LogP contribution in [0.15, 0.2) is 0 Å². The smallest absolute Gasteiger partial charge is 0.0635 e. The number of aliphatic hydroxyl groups is 4. The molecule has 4 heteroatoms. The summed E-state index contributed by atoms with van der Waals surface area (Å²) in [5.74, 6) is 0.210. The van der Waals surface area contributed by atoms with E-state index in [1.54, 1.807) is 0 Å². The average molecular weight is 278 g/mol. The Morgan fingerprint density at radius 3 is 1.26 bits per heavy atom. The molecule has 0 heterocycles. The largest absolute Gasteiger partial charge is 0.396 e. The van der Waals surface area contributed by atoms with Crippen molar-refractivity contribution in [3.63, 3.8) is 0 Å². The summed E-state index contributed by atoms with van der Waals surface area (Å²) in [6.07, 6.45) is 1.27. The molecule has 4 N–H and O–H groups in total. The van der Waals surface area contributed by atoms with Crippen molar-refractivity contribution in [3.8, 4) is 0 Å². The van der Waals surface area contributed by atoms with Crippen molar-refractivity contribution in [1.29, 1.82) is 0 Å². The van der Waals surface area contributed by atoms with Crippen LogP contribution in [0.25, 0.3) is 0 Å². The highest BCUT2D eigenvalue weighted by Crippen LogP contribution is 2.25. The fourth-order valence-corrected chi connectivity index (χ4v) is 1.74. The van der Waals surface area contributed by atoms with Crippen LogP contribution < -0.4 is 0 Å². The quantitative estimate of drug-likeness (QED) is 0.572.